The van der Waals surface area contributed by atoms with Gasteiger partial charge in [-0.05, 0) is 80.7 Å². The number of para-hydroxylation sites is 4. The van der Waals surface area contributed by atoms with Crippen molar-refractivity contribution in [2.24, 2.45) is 0 Å². The Balaban J connectivity index is 1.05. The van der Waals surface area contributed by atoms with E-state index in [1.54, 1.807) is 0 Å². The van der Waals surface area contributed by atoms with Gasteiger partial charge in [0.15, 0.2) is 13.8 Å². The smallest absolute Gasteiger partial charge is 0.237 e. The summed E-state index contributed by atoms with van der Waals surface area (Å²) < 4.78 is 6.85. The van der Waals surface area contributed by atoms with Crippen LogP contribution in [0.3, 0.4) is 0 Å². The Morgan fingerprint density at radius 1 is 0.333 bits per heavy atom. The third-order valence-corrected chi connectivity index (χ3v) is 19.4. The van der Waals surface area contributed by atoms with Crippen LogP contribution in [0.1, 0.15) is 0 Å². The highest BCUT2D eigenvalue weighted by Crippen LogP contribution is 2.39. The number of nitrogens with zero attached hydrogens (tertiary/aromatic N) is 6. The molecular formula is C65H42N6Si. The Kier molecular flexibility index (Phi) is 9.49. The molecule has 0 aliphatic rings. The molecule has 0 spiro atoms. The number of hydrogen-bond donors (Lipinski definition) is 0. The van der Waals surface area contributed by atoms with Crippen molar-refractivity contribution in [3.8, 4) is 28.7 Å². The van der Waals surface area contributed by atoms with Gasteiger partial charge in [0.05, 0.1) is 45.4 Å². The summed E-state index contributed by atoms with van der Waals surface area (Å²) in [6.07, 6.45) is 0. The van der Waals surface area contributed by atoms with E-state index in [1.165, 1.54) is 42.6 Å². The molecule has 0 aliphatic carbocycles. The zero-order valence-corrected chi connectivity index (χ0v) is 39.9. The van der Waals surface area contributed by atoms with Gasteiger partial charge in [-0.25, -0.2) is 9.83 Å². The molecule has 0 N–H and O–H groups in total. The standard InChI is InChI=1S/C65H42N6Si/c1-66-45-36-38-62-55(41-45)53-30-13-17-34-60(53)70(62)64-43-57(44-20-19-27-50(40-44)72(47-21-5-2-6-22-47,48-23-7-3-8-24-48)49-25-9-4-10-26-49)67-65(68-64)71-61-35-18-14-31-54(61)56-42-46(37-39-63(56)71)69-58-32-15-11-28-51(58)52-29-12-16-33-59(52)69/h2-43H. The number of hydrogen-bond acceptors (Lipinski definition) is 2. The fourth-order valence-corrected chi connectivity index (χ4v) is 16.3. The van der Waals surface area contributed by atoms with Crippen molar-refractivity contribution in [3.05, 3.63) is 266 Å². The van der Waals surface area contributed by atoms with Crippen molar-refractivity contribution in [1.82, 2.24) is 23.7 Å². The zero-order valence-electron chi connectivity index (χ0n) is 38.9. The maximum Gasteiger partial charge on any atom is 0.237 e. The molecule has 0 bridgehead atoms. The molecule has 7 heteroatoms. The minimum atomic E-state index is -2.89. The van der Waals surface area contributed by atoms with Gasteiger partial charge >= 0.3 is 0 Å². The molecule has 0 radical (unpaired) electrons. The lowest BCUT2D eigenvalue weighted by Gasteiger charge is -2.34. The van der Waals surface area contributed by atoms with Gasteiger partial charge in [-0.3, -0.25) is 9.13 Å². The largest absolute Gasteiger partial charge is 0.309 e. The highest BCUT2D eigenvalue weighted by atomic mass is 28.3. The first-order valence-electron chi connectivity index (χ1n) is 24.3. The molecule has 0 saturated carbocycles. The van der Waals surface area contributed by atoms with Crippen LogP contribution in [-0.4, -0.2) is 31.7 Å². The third kappa shape index (κ3) is 6.26. The van der Waals surface area contributed by atoms with Gasteiger partial charge < -0.3 is 4.57 Å². The van der Waals surface area contributed by atoms with Crippen molar-refractivity contribution in [3.63, 3.8) is 0 Å². The average molecular weight is 935 g/mol. The lowest BCUT2D eigenvalue weighted by Crippen LogP contribution is -2.74. The Morgan fingerprint density at radius 3 is 1.35 bits per heavy atom. The Hall–Kier alpha value is -9.61. The average Bonchev–Trinajstić information content (AvgIpc) is 4.09. The zero-order chi connectivity index (χ0) is 47.8. The van der Waals surface area contributed by atoms with E-state index < -0.39 is 8.07 Å². The summed E-state index contributed by atoms with van der Waals surface area (Å²) in [5, 5.41) is 11.9. The van der Waals surface area contributed by atoms with Gasteiger partial charge in [0.25, 0.3) is 0 Å². The van der Waals surface area contributed by atoms with Gasteiger partial charge in [-0.1, -0.05) is 194 Å². The van der Waals surface area contributed by atoms with E-state index in [-0.39, 0.29) is 0 Å². The number of rotatable bonds is 8. The molecule has 0 atom stereocenters. The summed E-state index contributed by atoms with van der Waals surface area (Å²) in [6, 6.07) is 91.4. The van der Waals surface area contributed by atoms with Gasteiger partial charge in [0, 0.05) is 44.2 Å². The van der Waals surface area contributed by atoms with Crippen molar-refractivity contribution < 1.29 is 0 Å². The van der Waals surface area contributed by atoms with Gasteiger partial charge in [0.1, 0.15) is 5.82 Å². The Labute approximate surface area is 416 Å². The lowest BCUT2D eigenvalue weighted by atomic mass is 10.1. The molecule has 0 fully saturated rings. The van der Waals surface area contributed by atoms with Crippen LogP contribution in [0.4, 0.5) is 5.69 Å². The van der Waals surface area contributed by atoms with E-state index in [0.717, 1.165) is 66.4 Å². The molecule has 14 rings (SSSR count). The van der Waals surface area contributed by atoms with Crippen LogP contribution in [-0.2, 0) is 0 Å². The number of fused-ring (bicyclic) bond motifs is 9. The van der Waals surface area contributed by atoms with E-state index in [2.05, 4.69) is 261 Å². The van der Waals surface area contributed by atoms with Crippen LogP contribution in [0.5, 0.6) is 0 Å². The Bertz CT molecular complexity index is 4320. The molecule has 0 saturated heterocycles. The molecule has 72 heavy (non-hydrogen) atoms. The molecule has 6 nitrogen and oxygen atoms in total. The maximum atomic E-state index is 7.91. The van der Waals surface area contributed by atoms with Crippen LogP contribution >= 0.6 is 0 Å². The summed E-state index contributed by atoms with van der Waals surface area (Å²) in [4.78, 5) is 15.1. The van der Waals surface area contributed by atoms with E-state index in [4.69, 9.17) is 16.5 Å². The van der Waals surface area contributed by atoms with Crippen LogP contribution < -0.4 is 20.7 Å². The topological polar surface area (TPSA) is 44.9 Å². The molecule has 336 valence electrons. The van der Waals surface area contributed by atoms with Crippen LogP contribution in [0.25, 0.3) is 99.0 Å². The fraction of sp³-hybridized carbons (Fsp3) is 0. The molecule has 10 aromatic carbocycles. The predicted molar refractivity (Wildman–Crippen MR) is 300 cm³/mol. The fourth-order valence-electron chi connectivity index (χ4n) is 11.6. The summed E-state index contributed by atoms with van der Waals surface area (Å²) in [6.45, 7) is 7.91. The van der Waals surface area contributed by atoms with E-state index in [1.807, 2.05) is 12.1 Å². The third-order valence-electron chi connectivity index (χ3n) is 14.6. The van der Waals surface area contributed by atoms with Gasteiger partial charge in [-0.15, -0.1) is 0 Å². The highest BCUT2D eigenvalue weighted by molar-refractivity contribution is 7.19. The molecule has 0 aliphatic heterocycles. The predicted octanol–water partition coefficient (Wildman–Crippen LogP) is 13.4. The van der Waals surface area contributed by atoms with Crippen molar-refractivity contribution in [2.75, 3.05) is 0 Å². The monoisotopic (exact) mass is 934 g/mol. The van der Waals surface area contributed by atoms with Gasteiger partial charge in [0.2, 0.25) is 5.95 Å². The summed E-state index contributed by atoms with van der Waals surface area (Å²) in [7, 11) is -2.89. The first-order chi connectivity index (χ1) is 35.7. The van der Waals surface area contributed by atoms with Crippen LogP contribution in [0.2, 0.25) is 0 Å². The minimum Gasteiger partial charge on any atom is -0.309 e. The minimum absolute atomic E-state index is 0.560. The molecular weight excluding hydrogens is 893 g/mol. The van der Waals surface area contributed by atoms with E-state index in [9.17, 15) is 0 Å². The second-order valence-corrected chi connectivity index (χ2v) is 22.2. The van der Waals surface area contributed by atoms with Gasteiger partial charge in [-0.2, -0.15) is 4.98 Å². The number of aromatic nitrogens is 5. The normalized spacial score (nSPS) is 11.9. The van der Waals surface area contributed by atoms with Crippen LogP contribution in [0, 0.1) is 6.57 Å². The molecule has 4 heterocycles. The van der Waals surface area contributed by atoms with Crippen molar-refractivity contribution >= 4 is 99.9 Å². The van der Waals surface area contributed by atoms with Crippen molar-refractivity contribution in [2.45, 2.75) is 0 Å². The summed E-state index contributed by atoms with van der Waals surface area (Å²) in [5.41, 5.74) is 9.78. The molecule has 14 aromatic rings. The van der Waals surface area contributed by atoms with Crippen LogP contribution in [0.15, 0.2) is 255 Å². The first-order valence-corrected chi connectivity index (χ1v) is 26.3. The van der Waals surface area contributed by atoms with E-state index >= 15 is 0 Å². The second kappa shape index (κ2) is 16.5. The quantitative estimate of drug-likeness (QED) is 0.0866. The molecule has 0 unspecified atom stereocenters. The van der Waals surface area contributed by atoms with E-state index in [0.29, 0.717) is 11.6 Å². The SMILES string of the molecule is [C-]#[N+]c1ccc2c(c1)c1ccccc1n2-c1cc(-c2cccc([Si](c3ccccc3)(c3ccccc3)c3ccccc3)c2)nc(-n2c3ccccc3c3cc(-n4c5ccccc5c5ccccc54)ccc32)n1. The summed E-state index contributed by atoms with van der Waals surface area (Å²) in [5.74, 6) is 1.29. The first kappa shape index (κ1) is 41.4. The lowest BCUT2D eigenvalue weighted by molar-refractivity contribution is 0.952. The molecule has 0 amide bonds. The highest BCUT2D eigenvalue weighted by Gasteiger charge is 2.41. The van der Waals surface area contributed by atoms with Crippen molar-refractivity contribution in [1.29, 1.82) is 0 Å². The second-order valence-electron chi connectivity index (χ2n) is 18.4. The number of benzene rings is 10. The summed E-state index contributed by atoms with van der Waals surface area (Å²) >= 11 is 0. The maximum absolute atomic E-state index is 7.91. The Morgan fingerprint density at radius 2 is 0.778 bits per heavy atom. The molecule has 4 aromatic heterocycles.